The number of carbonyl (C=O) groups is 1. The Morgan fingerprint density at radius 2 is 2.00 bits per heavy atom. The largest absolute Gasteiger partial charge is 0.450 e. The lowest BCUT2D eigenvalue weighted by molar-refractivity contribution is -0.385. The van der Waals surface area contributed by atoms with Gasteiger partial charge in [-0.3, -0.25) is 14.9 Å². The Kier molecular flexibility index (Phi) is 3.31. The van der Waals surface area contributed by atoms with E-state index in [2.05, 4.69) is 0 Å². The monoisotopic (exact) mass is 294 g/mol. The predicted molar refractivity (Wildman–Crippen MR) is 77.0 cm³/mol. The first kappa shape index (κ1) is 13.8. The molecule has 0 amide bonds. The molecule has 0 N–H and O–H groups in total. The fourth-order valence-corrected chi connectivity index (χ4v) is 2.44. The van der Waals surface area contributed by atoms with Crippen molar-refractivity contribution in [3.8, 4) is 17.6 Å². The summed E-state index contributed by atoms with van der Waals surface area (Å²) in [4.78, 5) is 22.1. The van der Waals surface area contributed by atoms with Crippen molar-refractivity contribution in [2.45, 2.75) is 12.8 Å². The maximum absolute atomic E-state index is 11.6. The molecule has 0 atom stereocenters. The summed E-state index contributed by atoms with van der Waals surface area (Å²) in [5, 5.41) is 19.9. The van der Waals surface area contributed by atoms with E-state index in [1.807, 2.05) is 6.07 Å². The Morgan fingerprint density at radius 1 is 1.18 bits per heavy atom. The molecule has 0 aliphatic heterocycles. The van der Waals surface area contributed by atoms with Gasteiger partial charge >= 0.3 is 5.69 Å². The highest BCUT2D eigenvalue weighted by Gasteiger charge is 2.21. The molecule has 6 heteroatoms. The van der Waals surface area contributed by atoms with E-state index in [0.29, 0.717) is 24.2 Å². The summed E-state index contributed by atoms with van der Waals surface area (Å²) in [5.41, 5.74) is 1.50. The minimum Gasteiger partial charge on any atom is -0.450 e. The third kappa shape index (κ3) is 2.40. The number of nitro benzene ring substituents is 1. The molecule has 0 unspecified atom stereocenters. The molecule has 6 nitrogen and oxygen atoms in total. The van der Waals surface area contributed by atoms with Crippen LogP contribution in [0.2, 0.25) is 0 Å². The molecular weight excluding hydrogens is 284 g/mol. The highest BCUT2D eigenvalue weighted by Crippen LogP contribution is 2.34. The summed E-state index contributed by atoms with van der Waals surface area (Å²) in [7, 11) is 0. The van der Waals surface area contributed by atoms with E-state index in [-0.39, 0.29) is 22.8 Å². The Bertz CT molecular complexity index is 837. The zero-order valence-corrected chi connectivity index (χ0v) is 11.4. The third-order valence-corrected chi connectivity index (χ3v) is 3.51. The van der Waals surface area contributed by atoms with Crippen molar-refractivity contribution >= 4 is 11.5 Å². The number of rotatable bonds is 3. The van der Waals surface area contributed by atoms with Crippen LogP contribution >= 0.6 is 0 Å². The van der Waals surface area contributed by atoms with Gasteiger partial charge in [-0.1, -0.05) is 0 Å². The first-order valence-electron chi connectivity index (χ1n) is 6.61. The van der Waals surface area contributed by atoms with Crippen molar-refractivity contribution in [2.75, 3.05) is 0 Å². The van der Waals surface area contributed by atoms with Crippen molar-refractivity contribution in [3.63, 3.8) is 0 Å². The smallest absolute Gasteiger partial charge is 0.312 e. The molecule has 0 radical (unpaired) electrons. The Labute approximate surface area is 125 Å². The number of carbonyl (C=O) groups excluding carboxylic acids is 1. The van der Waals surface area contributed by atoms with Crippen molar-refractivity contribution in [2.24, 2.45) is 0 Å². The second-order valence-electron chi connectivity index (χ2n) is 4.90. The maximum Gasteiger partial charge on any atom is 0.312 e. The molecule has 22 heavy (non-hydrogen) atoms. The topological polar surface area (TPSA) is 93.2 Å². The predicted octanol–water partition coefficient (Wildman–Crippen LogP) is 3.39. The van der Waals surface area contributed by atoms with E-state index in [1.165, 1.54) is 18.2 Å². The first-order valence-corrected chi connectivity index (χ1v) is 6.61. The van der Waals surface area contributed by atoms with Gasteiger partial charge in [-0.15, -0.1) is 0 Å². The number of ether oxygens (including phenoxy) is 1. The molecule has 1 aliphatic carbocycles. The van der Waals surface area contributed by atoms with Gasteiger partial charge in [-0.25, -0.2) is 0 Å². The first-order chi connectivity index (χ1) is 10.6. The van der Waals surface area contributed by atoms with E-state index in [4.69, 9.17) is 10.00 Å². The molecule has 1 aliphatic rings. The Hall–Kier alpha value is -3.20. The molecule has 0 fully saturated rings. The van der Waals surface area contributed by atoms with Crippen LogP contribution in [0.3, 0.4) is 0 Å². The van der Waals surface area contributed by atoms with Crippen LogP contribution in [0.1, 0.15) is 27.9 Å². The zero-order valence-electron chi connectivity index (χ0n) is 11.4. The van der Waals surface area contributed by atoms with Gasteiger partial charge in [-0.05, 0) is 42.3 Å². The lowest BCUT2D eigenvalue weighted by atomic mass is 10.1. The van der Waals surface area contributed by atoms with Crippen LogP contribution in [0.4, 0.5) is 5.69 Å². The average molecular weight is 294 g/mol. The summed E-state index contributed by atoms with van der Waals surface area (Å²) in [5.74, 6) is 0.598. The molecule has 3 rings (SSSR count). The van der Waals surface area contributed by atoms with E-state index in [0.717, 1.165) is 5.56 Å². The van der Waals surface area contributed by atoms with Crippen LogP contribution in [-0.4, -0.2) is 10.7 Å². The molecule has 2 aromatic rings. The number of hydrogen-bond acceptors (Lipinski definition) is 5. The van der Waals surface area contributed by atoms with Crippen molar-refractivity contribution < 1.29 is 14.5 Å². The third-order valence-electron chi connectivity index (χ3n) is 3.51. The van der Waals surface area contributed by atoms with Crippen molar-refractivity contribution in [1.29, 1.82) is 5.26 Å². The summed E-state index contributed by atoms with van der Waals surface area (Å²) in [6, 6.07) is 10.9. The summed E-state index contributed by atoms with van der Waals surface area (Å²) in [6.07, 6.45) is 1.14. The highest BCUT2D eigenvalue weighted by atomic mass is 16.6. The number of nitro groups is 1. The number of fused-ring (bicyclic) bond motifs is 1. The Morgan fingerprint density at radius 3 is 2.73 bits per heavy atom. The number of ketones is 1. The molecule has 108 valence electrons. The van der Waals surface area contributed by atoms with E-state index in [9.17, 15) is 14.9 Å². The Balaban J connectivity index is 1.95. The normalized spacial score (nSPS) is 12.6. The molecule has 0 saturated heterocycles. The fourth-order valence-electron chi connectivity index (χ4n) is 2.44. The highest BCUT2D eigenvalue weighted by molar-refractivity contribution is 6.00. The molecule has 0 heterocycles. The van der Waals surface area contributed by atoms with Crippen LogP contribution in [0, 0.1) is 21.4 Å². The van der Waals surface area contributed by atoms with Gasteiger partial charge in [-0.2, -0.15) is 5.26 Å². The zero-order chi connectivity index (χ0) is 15.7. The quantitative estimate of drug-likeness (QED) is 0.639. The number of benzene rings is 2. The number of nitrogens with zero attached hydrogens (tertiary/aromatic N) is 2. The second kappa shape index (κ2) is 5.30. The summed E-state index contributed by atoms with van der Waals surface area (Å²) < 4.78 is 5.57. The van der Waals surface area contributed by atoms with Crippen LogP contribution < -0.4 is 4.74 Å². The molecule has 0 aromatic heterocycles. The van der Waals surface area contributed by atoms with Gasteiger partial charge < -0.3 is 4.74 Å². The molecule has 2 aromatic carbocycles. The molecule has 0 spiro atoms. The van der Waals surface area contributed by atoms with Crippen molar-refractivity contribution in [1.82, 2.24) is 0 Å². The summed E-state index contributed by atoms with van der Waals surface area (Å²) >= 11 is 0. The molecule has 0 saturated carbocycles. The molecule has 0 bridgehead atoms. The minimum absolute atomic E-state index is 0.0632. The lowest BCUT2D eigenvalue weighted by Gasteiger charge is -2.08. The standard InChI is InChI=1S/C16H10N2O4/c17-9-10-1-6-16(14(7-10)18(20)21)22-12-3-4-13-11(8-12)2-5-15(13)19/h1,3-4,6-8H,2,5H2. The molecular formula is C16H10N2O4. The van der Waals surface area contributed by atoms with Gasteiger partial charge in [0.25, 0.3) is 0 Å². The maximum atomic E-state index is 11.6. The minimum atomic E-state index is -0.590. The number of Topliss-reactive ketones (excluding diaryl/α,β-unsaturated/α-hetero) is 1. The lowest BCUT2D eigenvalue weighted by Crippen LogP contribution is -1.95. The average Bonchev–Trinajstić information content (AvgIpc) is 2.88. The van der Waals surface area contributed by atoms with Gasteiger partial charge in [0.05, 0.1) is 16.6 Å². The van der Waals surface area contributed by atoms with Crippen LogP contribution in [-0.2, 0) is 6.42 Å². The van der Waals surface area contributed by atoms with Gasteiger partial charge in [0.2, 0.25) is 5.75 Å². The summed E-state index contributed by atoms with van der Waals surface area (Å²) in [6.45, 7) is 0. The SMILES string of the molecule is N#Cc1ccc(Oc2ccc3c(c2)CCC3=O)c([N+](=O)[O-])c1. The van der Waals surface area contributed by atoms with Gasteiger partial charge in [0.1, 0.15) is 5.75 Å². The van der Waals surface area contributed by atoms with E-state index in [1.54, 1.807) is 18.2 Å². The number of nitriles is 1. The van der Waals surface area contributed by atoms with Crippen LogP contribution in [0.15, 0.2) is 36.4 Å². The fraction of sp³-hybridized carbons (Fsp3) is 0.125. The van der Waals surface area contributed by atoms with Gasteiger partial charge in [0, 0.05) is 18.1 Å². The van der Waals surface area contributed by atoms with Crippen LogP contribution in [0.5, 0.6) is 11.5 Å². The van der Waals surface area contributed by atoms with Gasteiger partial charge in [0.15, 0.2) is 5.78 Å². The van der Waals surface area contributed by atoms with Crippen LogP contribution in [0.25, 0.3) is 0 Å². The number of hydrogen-bond donors (Lipinski definition) is 0. The second-order valence-corrected chi connectivity index (χ2v) is 4.90. The van der Waals surface area contributed by atoms with E-state index < -0.39 is 4.92 Å². The van der Waals surface area contributed by atoms with Crippen molar-refractivity contribution in [3.05, 3.63) is 63.2 Å². The number of aryl methyl sites for hydroxylation is 1. The van der Waals surface area contributed by atoms with E-state index >= 15 is 0 Å².